The van der Waals surface area contributed by atoms with E-state index >= 15 is 0 Å². The molecule has 2 aromatic rings. The molecule has 0 aliphatic heterocycles. The normalized spacial score (nSPS) is 10.8. The van der Waals surface area contributed by atoms with Gasteiger partial charge in [0.25, 0.3) is 0 Å². The molecule has 0 bridgehead atoms. The summed E-state index contributed by atoms with van der Waals surface area (Å²) in [6, 6.07) is 9.72. The van der Waals surface area contributed by atoms with Gasteiger partial charge in [0.15, 0.2) is 0 Å². The van der Waals surface area contributed by atoms with Crippen LogP contribution in [-0.2, 0) is 6.18 Å². The van der Waals surface area contributed by atoms with Crippen molar-refractivity contribution in [2.45, 2.75) is 6.18 Å². The molecule has 0 aliphatic rings. The molecule has 0 radical (unpaired) electrons. The summed E-state index contributed by atoms with van der Waals surface area (Å²) in [6.07, 6.45) is -2.97. The van der Waals surface area contributed by atoms with Gasteiger partial charge in [0.2, 0.25) is 0 Å². The molecule has 19 heavy (non-hydrogen) atoms. The van der Waals surface area contributed by atoms with E-state index in [-0.39, 0.29) is 5.69 Å². The van der Waals surface area contributed by atoms with Crippen LogP contribution < -0.4 is 5.32 Å². The summed E-state index contributed by atoms with van der Waals surface area (Å²) in [7, 11) is 0. The number of alkyl halides is 3. The summed E-state index contributed by atoms with van der Waals surface area (Å²) in [5.41, 5.74) is 0.264. The Morgan fingerprint density at radius 2 is 1.84 bits per heavy atom. The van der Waals surface area contributed by atoms with Crippen LogP contribution in [0.15, 0.2) is 42.6 Å². The number of rotatable bonds is 2. The van der Waals surface area contributed by atoms with Crippen LogP contribution in [0.5, 0.6) is 0 Å². The molecule has 1 aromatic carbocycles. The maximum Gasteiger partial charge on any atom is 0.416 e. The van der Waals surface area contributed by atoms with Gasteiger partial charge in [-0.15, -0.1) is 0 Å². The van der Waals surface area contributed by atoms with Gasteiger partial charge in [0.1, 0.15) is 11.8 Å². The van der Waals surface area contributed by atoms with Crippen molar-refractivity contribution in [1.29, 1.82) is 5.26 Å². The molecular formula is C13H8F3N3. The summed E-state index contributed by atoms with van der Waals surface area (Å²) < 4.78 is 37.6. The second-order valence-corrected chi connectivity index (χ2v) is 3.75. The van der Waals surface area contributed by atoms with E-state index in [4.69, 9.17) is 5.26 Å². The quantitative estimate of drug-likeness (QED) is 0.898. The number of benzene rings is 1. The molecule has 0 fully saturated rings. The van der Waals surface area contributed by atoms with Gasteiger partial charge in [-0.2, -0.15) is 18.4 Å². The number of anilines is 2. The van der Waals surface area contributed by atoms with Crippen molar-refractivity contribution >= 4 is 11.4 Å². The number of nitrogens with one attached hydrogen (secondary N) is 1. The third kappa shape index (κ3) is 3.22. The maximum atomic E-state index is 12.5. The molecule has 96 valence electrons. The Bertz CT molecular complexity index is 630. The van der Waals surface area contributed by atoms with Crippen molar-refractivity contribution in [1.82, 2.24) is 4.98 Å². The number of hydrogen-bond acceptors (Lipinski definition) is 3. The van der Waals surface area contributed by atoms with Crippen molar-refractivity contribution < 1.29 is 13.2 Å². The Balaban J connectivity index is 2.26. The number of nitriles is 1. The van der Waals surface area contributed by atoms with Gasteiger partial charge < -0.3 is 5.32 Å². The minimum Gasteiger partial charge on any atom is -0.355 e. The van der Waals surface area contributed by atoms with Crippen LogP contribution in [0.25, 0.3) is 0 Å². The van der Waals surface area contributed by atoms with Crippen LogP contribution in [0.4, 0.5) is 24.5 Å². The first kappa shape index (κ1) is 12.9. The van der Waals surface area contributed by atoms with Crippen molar-refractivity contribution in [2.24, 2.45) is 0 Å². The van der Waals surface area contributed by atoms with E-state index in [1.807, 2.05) is 6.07 Å². The first-order valence-corrected chi connectivity index (χ1v) is 5.29. The van der Waals surface area contributed by atoms with E-state index in [0.717, 1.165) is 12.1 Å². The van der Waals surface area contributed by atoms with Crippen molar-refractivity contribution in [3.63, 3.8) is 0 Å². The summed E-state index contributed by atoms with van der Waals surface area (Å²) in [4.78, 5) is 3.78. The highest BCUT2D eigenvalue weighted by atomic mass is 19.4. The van der Waals surface area contributed by atoms with Crippen molar-refractivity contribution in [3.8, 4) is 6.07 Å². The lowest BCUT2D eigenvalue weighted by Crippen LogP contribution is -2.05. The molecule has 3 nitrogen and oxygen atoms in total. The summed E-state index contributed by atoms with van der Waals surface area (Å²) in [5, 5.41) is 11.5. The largest absolute Gasteiger partial charge is 0.416 e. The third-order valence-corrected chi connectivity index (χ3v) is 2.35. The van der Waals surface area contributed by atoms with Crippen LogP contribution in [0, 0.1) is 11.3 Å². The van der Waals surface area contributed by atoms with Gasteiger partial charge >= 0.3 is 6.18 Å². The second kappa shape index (κ2) is 4.98. The molecular weight excluding hydrogens is 255 g/mol. The van der Waals surface area contributed by atoms with Crippen LogP contribution in [-0.4, -0.2) is 4.98 Å². The SMILES string of the molecule is N#Cc1cc(Nc2cccc(C(F)(F)F)c2)ccn1. The van der Waals surface area contributed by atoms with Gasteiger partial charge in [-0.25, -0.2) is 4.98 Å². The van der Waals surface area contributed by atoms with E-state index in [1.54, 1.807) is 6.07 Å². The highest BCUT2D eigenvalue weighted by molar-refractivity contribution is 5.61. The Hall–Kier alpha value is -2.55. The predicted molar refractivity (Wildman–Crippen MR) is 63.7 cm³/mol. The molecule has 0 atom stereocenters. The summed E-state index contributed by atoms with van der Waals surface area (Å²) in [5.74, 6) is 0. The van der Waals surface area contributed by atoms with Gasteiger partial charge in [-0.05, 0) is 30.3 Å². The Morgan fingerprint density at radius 3 is 2.53 bits per heavy atom. The molecule has 0 saturated carbocycles. The molecule has 6 heteroatoms. The highest BCUT2D eigenvalue weighted by Gasteiger charge is 2.30. The first-order chi connectivity index (χ1) is 8.99. The first-order valence-electron chi connectivity index (χ1n) is 5.29. The molecule has 0 unspecified atom stereocenters. The number of halogens is 3. The molecule has 2 rings (SSSR count). The lowest BCUT2D eigenvalue weighted by molar-refractivity contribution is -0.137. The zero-order valence-electron chi connectivity index (χ0n) is 9.57. The lowest BCUT2D eigenvalue weighted by atomic mass is 10.2. The van der Waals surface area contributed by atoms with Gasteiger partial charge in [-0.3, -0.25) is 0 Å². The van der Waals surface area contributed by atoms with Crippen molar-refractivity contribution in [2.75, 3.05) is 5.32 Å². The van der Waals surface area contributed by atoms with E-state index in [0.29, 0.717) is 11.4 Å². The van der Waals surface area contributed by atoms with Crippen LogP contribution in [0.1, 0.15) is 11.3 Å². The summed E-state index contributed by atoms with van der Waals surface area (Å²) in [6.45, 7) is 0. The van der Waals surface area contributed by atoms with E-state index < -0.39 is 11.7 Å². The van der Waals surface area contributed by atoms with E-state index in [1.165, 1.54) is 24.4 Å². The third-order valence-electron chi connectivity index (χ3n) is 2.35. The zero-order chi connectivity index (χ0) is 13.9. The fourth-order valence-corrected chi connectivity index (χ4v) is 1.51. The number of nitrogens with zero attached hydrogens (tertiary/aromatic N) is 2. The number of aromatic nitrogens is 1. The topological polar surface area (TPSA) is 48.7 Å². The average Bonchev–Trinajstić information content (AvgIpc) is 2.38. The molecule has 1 aromatic heterocycles. The molecule has 1 heterocycles. The van der Waals surface area contributed by atoms with Crippen LogP contribution in [0.2, 0.25) is 0 Å². The minimum absolute atomic E-state index is 0.192. The molecule has 0 aliphatic carbocycles. The monoisotopic (exact) mass is 263 g/mol. The molecule has 0 spiro atoms. The van der Waals surface area contributed by atoms with E-state index in [9.17, 15) is 13.2 Å². The molecule has 1 N–H and O–H groups in total. The molecule has 0 amide bonds. The fourth-order valence-electron chi connectivity index (χ4n) is 1.51. The minimum atomic E-state index is -4.38. The van der Waals surface area contributed by atoms with Crippen LogP contribution >= 0.6 is 0 Å². The van der Waals surface area contributed by atoms with Crippen molar-refractivity contribution in [3.05, 3.63) is 53.9 Å². The van der Waals surface area contributed by atoms with Gasteiger partial charge in [0.05, 0.1) is 5.56 Å². The molecule has 0 saturated heterocycles. The predicted octanol–water partition coefficient (Wildman–Crippen LogP) is 3.72. The Morgan fingerprint density at radius 1 is 1.11 bits per heavy atom. The Kier molecular flexibility index (Phi) is 3.38. The summed E-state index contributed by atoms with van der Waals surface area (Å²) >= 11 is 0. The standard InChI is InChI=1S/C13H8F3N3/c14-13(15,16)9-2-1-3-10(6-9)19-11-4-5-18-12(7-11)8-17/h1-7H,(H,18,19). The second-order valence-electron chi connectivity index (χ2n) is 3.75. The lowest BCUT2D eigenvalue weighted by Gasteiger charge is -2.10. The fraction of sp³-hybridized carbons (Fsp3) is 0.0769. The average molecular weight is 263 g/mol. The smallest absolute Gasteiger partial charge is 0.355 e. The van der Waals surface area contributed by atoms with Gasteiger partial charge in [-0.1, -0.05) is 6.07 Å². The Labute approximate surface area is 107 Å². The van der Waals surface area contributed by atoms with Crippen LogP contribution in [0.3, 0.4) is 0 Å². The number of pyridine rings is 1. The number of hydrogen-bond donors (Lipinski definition) is 1. The highest BCUT2D eigenvalue weighted by Crippen LogP contribution is 2.31. The zero-order valence-corrected chi connectivity index (χ0v) is 9.57. The van der Waals surface area contributed by atoms with E-state index in [2.05, 4.69) is 10.3 Å². The maximum absolute atomic E-state index is 12.5. The van der Waals surface area contributed by atoms with Gasteiger partial charge in [0, 0.05) is 17.6 Å².